The SMILES string of the molecule is CCCc1nc(C)c(C)n(CCN2CCOCC2)c1=O. The van der Waals surface area contributed by atoms with Crippen LogP contribution in [-0.2, 0) is 17.7 Å². The van der Waals surface area contributed by atoms with E-state index in [-0.39, 0.29) is 5.56 Å². The fraction of sp³-hybridized carbons (Fsp3) is 0.733. The number of aromatic nitrogens is 2. The zero-order valence-corrected chi connectivity index (χ0v) is 12.8. The molecule has 0 N–H and O–H groups in total. The second-order valence-electron chi connectivity index (χ2n) is 5.39. The predicted octanol–water partition coefficient (Wildman–Crippen LogP) is 1.14. The number of ether oxygens (including phenoxy) is 1. The van der Waals surface area contributed by atoms with Crippen molar-refractivity contribution in [2.24, 2.45) is 0 Å². The Morgan fingerprint density at radius 2 is 1.90 bits per heavy atom. The van der Waals surface area contributed by atoms with Gasteiger partial charge in [-0.15, -0.1) is 0 Å². The van der Waals surface area contributed by atoms with E-state index in [9.17, 15) is 4.79 Å². The molecule has 1 fully saturated rings. The van der Waals surface area contributed by atoms with E-state index in [0.29, 0.717) is 5.69 Å². The third-order valence-corrected chi connectivity index (χ3v) is 3.95. The van der Waals surface area contributed by atoms with Crippen LogP contribution in [-0.4, -0.2) is 47.3 Å². The molecule has 1 saturated heterocycles. The highest BCUT2D eigenvalue weighted by Crippen LogP contribution is 2.05. The van der Waals surface area contributed by atoms with Crippen molar-refractivity contribution in [1.29, 1.82) is 0 Å². The number of hydrogen-bond donors (Lipinski definition) is 0. The highest BCUT2D eigenvalue weighted by molar-refractivity contribution is 5.13. The van der Waals surface area contributed by atoms with Crippen LogP contribution in [0, 0.1) is 13.8 Å². The van der Waals surface area contributed by atoms with E-state index >= 15 is 0 Å². The van der Waals surface area contributed by atoms with Gasteiger partial charge in [0.2, 0.25) is 0 Å². The van der Waals surface area contributed by atoms with Crippen LogP contribution >= 0.6 is 0 Å². The Bertz CT molecular complexity index is 505. The molecule has 0 aromatic carbocycles. The van der Waals surface area contributed by atoms with E-state index in [4.69, 9.17) is 4.74 Å². The van der Waals surface area contributed by atoms with Gasteiger partial charge in [0.05, 0.1) is 18.9 Å². The van der Waals surface area contributed by atoms with Crippen LogP contribution in [0.25, 0.3) is 0 Å². The minimum absolute atomic E-state index is 0.0863. The Balaban J connectivity index is 2.14. The fourth-order valence-electron chi connectivity index (χ4n) is 2.57. The summed E-state index contributed by atoms with van der Waals surface area (Å²) in [5, 5.41) is 0. The molecular weight excluding hydrogens is 254 g/mol. The van der Waals surface area contributed by atoms with E-state index < -0.39 is 0 Å². The fourth-order valence-corrected chi connectivity index (χ4v) is 2.57. The van der Waals surface area contributed by atoms with Crippen LogP contribution in [0.15, 0.2) is 4.79 Å². The average Bonchev–Trinajstić information content (AvgIpc) is 2.46. The summed E-state index contributed by atoms with van der Waals surface area (Å²) in [5.74, 6) is 0. The van der Waals surface area contributed by atoms with Crippen LogP contribution in [0.4, 0.5) is 0 Å². The van der Waals surface area contributed by atoms with E-state index in [2.05, 4.69) is 16.8 Å². The molecule has 112 valence electrons. The smallest absolute Gasteiger partial charge is 0.272 e. The molecule has 5 heteroatoms. The van der Waals surface area contributed by atoms with Crippen molar-refractivity contribution < 1.29 is 4.74 Å². The molecular formula is C15H25N3O2. The molecule has 0 unspecified atom stereocenters. The van der Waals surface area contributed by atoms with Gasteiger partial charge in [-0.1, -0.05) is 13.3 Å². The molecule has 2 heterocycles. The van der Waals surface area contributed by atoms with E-state index in [1.807, 2.05) is 18.4 Å². The summed E-state index contributed by atoms with van der Waals surface area (Å²) >= 11 is 0. The van der Waals surface area contributed by atoms with Gasteiger partial charge in [-0.25, -0.2) is 0 Å². The van der Waals surface area contributed by atoms with Crippen molar-refractivity contribution in [2.45, 2.75) is 40.2 Å². The Hall–Kier alpha value is -1.20. The van der Waals surface area contributed by atoms with Crippen LogP contribution in [0.2, 0.25) is 0 Å². The van der Waals surface area contributed by atoms with Gasteiger partial charge >= 0.3 is 0 Å². The molecule has 0 bridgehead atoms. The van der Waals surface area contributed by atoms with Gasteiger partial charge in [-0.2, -0.15) is 0 Å². The summed E-state index contributed by atoms with van der Waals surface area (Å²) in [6.07, 6.45) is 1.71. The molecule has 2 rings (SSSR count). The minimum Gasteiger partial charge on any atom is -0.379 e. The van der Waals surface area contributed by atoms with Crippen LogP contribution in [0.5, 0.6) is 0 Å². The molecule has 0 radical (unpaired) electrons. The maximum Gasteiger partial charge on any atom is 0.272 e. The van der Waals surface area contributed by atoms with Gasteiger partial charge < -0.3 is 9.30 Å². The summed E-state index contributed by atoms with van der Waals surface area (Å²) in [5.41, 5.74) is 2.75. The number of hydrogen-bond acceptors (Lipinski definition) is 4. The molecule has 0 spiro atoms. The standard InChI is InChI=1S/C15H25N3O2/c1-4-5-14-15(19)18(13(3)12(2)16-14)7-6-17-8-10-20-11-9-17/h4-11H2,1-3H3. The topological polar surface area (TPSA) is 47.4 Å². The summed E-state index contributed by atoms with van der Waals surface area (Å²) in [4.78, 5) is 19.3. The first-order chi connectivity index (χ1) is 9.63. The van der Waals surface area contributed by atoms with Crippen molar-refractivity contribution >= 4 is 0 Å². The van der Waals surface area contributed by atoms with Crippen molar-refractivity contribution in [3.05, 3.63) is 27.4 Å². The molecule has 0 atom stereocenters. The highest BCUT2D eigenvalue weighted by atomic mass is 16.5. The molecule has 1 aromatic rings. The van der Waals surface area contributed by atoms with E-state index in [1.54, 1.807) is 0 Å². The van der Waals surface area contributed by atoms with Crippen molar-refractivity contribution in [3.63, 3.8) is 0 Å². The highest BCUT2D eigenvalue weighted by Gasteiger charge is 2.14. The molecule has 0 aliphatic carbocycles. The predicted molar refractivity (Wildman–Crippen MR) is 79.2 cm³/mol. The summed E-state index contributed by atoms with van der Waals surface area (Å²) in [6.45, 7) is 11.2. The lowest BCUT2D eigenvalue weighted by atomic mass is 10.2. The van der Waals surface area contributed by atoms with Crippen LogP contribution in [0.1, 0.15) is 30.4 Å². The summed E-state index contributed by atoms with van der Waals surface area (Å²) in [6, 6.07) is 0. The monoisotopic (exact) mass is 279 g/mol. The Kier molecular flexibility index (Phi) is 5.31. The van der Waals surface area contributed by atoms with Crippen LogP contribution in [0.3, 0.4) is 0 Å². The molecule has 5 nitrogen and oxygen atoms in total. The molecule has 0 saturated carbocycles. The summed E-state index contributed by atoms with van der Waals surface area (Å²) in [7, 11) is 0. The van der Waals surface area contributed by atoms with E-state index in [1.165, 1.54) is 0 Å². The number of nitrogens with zero attached hydrogens (tertiary/aromatic N) is 3. The average molecular weight is 279 g/mol. The van der Waals surface area contributed by atoms with Gasteiger partial charge in [-0.3, -0.25) is 14.7 Å². The molecule has 1 aliphatic heterocycles. The third-order valence-electron chi connectivity index (χ3n) is 3.95. The number of morpholine rings is 1. The van der Waals surface area contributed by atoms with Crippen molar-refractivity contribution in [3.8, 4) is 0 Å². The lowest BCUT2D eigenvalue weighted by Gasteiger charge is -2.27. The quantitative estimate of drug-likeness (QED) is 0.811. The van der Waals surface area contributed by atoms with Crippen molar-refractivity contribution in [1.82, 2.24) is 14.5 Å². The second-order valence-corrected chi connectivity index (χ2v) is 5.39. The van der Waals surface area contributed by atoms with Gasteiger partial charge in [0, 0.05) is 31.9 Å². The first-order valence-corrected chi connectivity index (χ1v) is 7.50. The lowest BCUT2D eigenvalue weighted by Crippen LogP contribution is -2.40. The van der Waals surface area contributed by atoms with Gasteiger partial charge in [0.25, 0.3) is 5.56 Å². The normalized spacial score (nSPS) is 16.6. The third kappa shape index (κ3) is 3.46. The summed E-state index contributed by atoms with van der Waals surface area (Å²) < 4.78 is 7.24. The van der Waals surface area contributed by atoms with Crippen LogP contribution < -0.4 is 5.56 Å². The zero-order chi connectivity index (χ0) is 14.5. The number of aryl methyl sites for hydroxylation is 2. The Morgan fingerprint density at radius 3 is 2.55 bits per heavy atom. The molecule has 0 amide bonds. The molecule has 20 heavy (non-hydrogen) atoms. The maximum atomic E-state index is 12.5. The van der Waals surface area contributed by atoms with E-state index in [0.717, 1.165) is 63.6 Å². The Labute approximate surface area is 120 Å². The Morgan fingerprint density at radius 1 is 1.20 bits per heavy atom. The van der Waals surface area contributed by atoms with Gasteiger partial charge in [0.15, 0.2) is 0 Å². The maximum absolute atomic E-state index is 12.5. The minimum atomic E-state index is 0.0863. The number of rotatable bonds is 5. The largest absolute Gasteiger partial charge is 0.379 e. The molecule has 1 aromatic heterocycles. The first-order valence-electron chi connectivity index (χ1n) is 7.50. The van der Waals surface area contributed by atoms with Gasteiger partial charge in [0.1, 0.15) is 5.69 Å². The van der Waals surface area contributed by atoms with Crippen molar-refractivity contribution in [2.75, 3.05) is 32.8 Å². The first kappa shape index (κ1) is 15.2. The lowest BCUT2D eigenvalue weighted by molar-refractivity contribution is 0.0362. The second kappa shape index (κ2) is 6.99. The molecule has 1 aliphatic rings. The van der Waals surface area contributed by atoms with Gasteiger partial charge in [-0.05, 0) is 20.3 Å². The zero-order valence-electron chi connectivity index (χ0n) is 12.8.